The van der Waals surface area contributed by atoms with Gasteiger partial charge in [0.25, 0.3) is 0 Å². The number of carboxylic acid groups (broad SMARTS) is 1. The zero-order valence-corrected chi connectivity index (χ0v) is 11.6. The van der Waals surface area contributed by atoms with Gasteiger partial charge in [-0.25, -0.2) is 14.3 Å². The number of nitrogens with one attached hydrogen (secondary N) is 2. The number of amides is 2. The maximum Gasteiger partial charge on any atom is 0.333 e. The van der Waals surface area contributed by atoms with E-state index in [1.165, 1.54) is 17.9 Å². The third-order valence-electron chi connectivity index (χ3n) is 3.08. The summed E-state index contributed by atoms with van der Waals surface area (Å²) in [4.78, 5) is 27.4. The lowest BCUT2D eigenvalue weighted by Gasteiger charge is -2.26. The molecule has 21 heavy (non-hydrogen) atoms. The summed E-state index contributed by atoms with van der Waals surface area (Å²) in [5.41, 5.74) is -1.09. The second kappa shape index (κ2) is 5.61. The molecule has 2 aromatic rings. The number of hydrogen-bond acceptors (Lipinski definition) is 4. The van der Waals surface area contributed by atoms with Crippen molar-refractivity contribution < 1.29 is 14.7 Å². The molecule has 8 heteroatoms. The van der Waals surface area contributed by atoms with Crippen LogP contribution in [-0.2, 0) is 17.4 Å². The SMILES string of the molecule is Cn1ncnc1NC(=O)NC(C)(C(=O)O)c1ccccc1. The summed E-state index contributed by atoms with van der Waals surface area (Å²) in [6, 6.07) is 7.77. The van der Waals surface area contributed by atoms with Gasteiger partial charge in [0.05, 0.1) is 0 Å². The van der Waals surface area contributed by atoms with Crippen LogP contribution < -0.4 is 10.6 Å². The van der Waals surface area contributed by atoms with E-state index in [0.29, 0.717) is 5.56 Å². The molecule has 110 valence electrons. The maximum atomic E-state index is 12.0. The first kappa shape index (κ1) is 14.5. The Bertz CT molecular complexity index is 655. The molecular weight excluding hydrogens is 274 g/mol. The van der Waals surface area contributed by atoms with Crippen LogP contribution in [0.25, 0.3) is 0 Å². The van der Waals surface area contributed by atoms with Gasteiger partial charge in [-0.2, -0.15) is 10.1 Å². The normalized spacial score (nSPS) is 13.2. The molecule has 0 aliphatic rings. The van der Waals surface area contributed by atoms with Crippen molar-refractivity contribution in [2.24, 2.45) is 7.05 Å². The number of nitrogens with zero attached hydrogens (tertiary/aromatic N) is 3. The van der Waals surface area contributed by atoms with Crippen molar-refractivity contribution in [3.63, 3.8) is 0 Å². The van der Waals surface area contributed by atoms with E-state index in [0.717, 1.165) is 0 Å². The highest BCUT2D eigenvalue weighted by atomic mass is 16.4. The predicted octanol–water partition coefficient (Wildman–Crippen LogP) is 0.937. The van der Waals surface area contributed by atoms with Gasteiger partial charge >= 0.3 is 12.0 Å². The van der Waals surface area contributed by atoms with Gasteiger partial charge < -0.3 is 10.4 Å². The van der Waals surface area contributed by atoms with Crippen LogP contribution in [-0.4, -0.2) is 31.9 Å². The van der Waals surface area contributed by atoms with E-state index in [2.05, 4.69) is 20.7 Å². The number of carbonyl (C=O) groups is 2. The van der Waals surface area contributed by atoms with Crippen LogP contribution in [0.3, 0.4) is 0 Å². The fourth-order valence-corrected chi connectivity index (χ4v) is 1.79. The molecule has 0 fully saturated rings. The summed E-state index contributed by atoms with van der Waals surface area (Å²) in [6.45, 7) is 1.42. The zero-order valence-electron chi connectivity index (χ0n) is 11.6. The van der Waals surface area contributed by atoms with Crippen molar-refractivity contribution in [3.8, 4) is 0 Å². The van der Waals surface area contributed by atoms with Crippen molar-refractivity contribution in [1.82, 2.24) is 20.1 Å². The molecule has 0 radical (unpaired) electrons. The van der Waals surface area contributed by atoms with Crippen LogP contribution >= 0.6 is 0 Å². The summed E-state index contributed by atoms with van der Waals surface area (Å²) in [5, 5.41) is 18.1. The topological polar surface area (TPSA) is 109 Å². The smallest absolute Gasteiger partial charge is 0.333 e. The van der Waals surface area contributed by atoms with E-state index in [-0.39, 0.29) is 5.95 Å². The van der Waals surface area contributed by atoms with Crippen LogP contribution in [0.15, 0.2) is 36.7 Å². The van der Waals surface area contributed by atoms with Gasteiger partial charge in [-0.3, -0.25) is 5.32 Å². The molecule has 1 aromatic heterocycles. The number of aryl methyl sites for hydroxylation is 1. The van der Waals surface area contributed by atoms with Crippen LogP contribution in [0, 0.1) is 0 Å². The Balaban J connectivity index is 2.19. The van der Waals surface area contributed by atoms with Crippen LogP contribution in [0.5, 0.6) is 0 Å². The summed E-state index contributed by atoms with van der Waals surface area (Å²) in [5.74, 6) is -0.949. The number of benzene rings is 1. The van der Waals surface area contributed by atoms with Crippen LogP contribution in [0.2, 0.25) is 0 Å². The second-order valence-corrected chi connectivity index (χ2v) is 4.58. The molecule has 0 saturated carbocycles. The third-order valence-corrected chi connectivity index (χ3v) is 3.08. The molecule has 0 bridgehead atoms. The van der Waals surface area contributed by atoms with Gasteiger partial charge in [0.2, 0.25) is 5.95 Å². The molecule has 0 spiro atoms. The first-order valence-corrected chi connectivity index (χ1v) is 6.15. The molecule has 1 atom stereocenters. The first-order chi connectivity index (χ1) is 9.93. The lowest BCUT2D eigenvalue weighted by Crippen LogP contribution is -2.51. The number of anilines is 1. The number of hydrogen-bond donors (Lipinski definition) is 3. The molecule has 1 aromatic carbocycles. The quantitative estimate of drug-likeness (QED) is 0.776. The van der Waals surface area contributed by atoms with Gasteiger partial charge in [0, 0.05) is 7.05 Å². The molecule has 0 aliphatic heterocycles. The molecule has 1 heterocycles. The molecule has 2 amide bonds. The van der Waals surface area contributed by atoms with Gasteiger partial charge in [0.1, 0.15) is 6.33 Å². The number of carbonyl (C=O) groups excluding carboxylic acids is 1. The molecular formula is C13H15N5O3. The van der Waals surface area contributed by atoms with Crippen LogP contribution in [0.4, 0.5) is 10.7 Å². The Morgan fingerprint density at radius 1 is 1.29 bits per heavy atom. The number of aromatic nitrogens is 3. The van der Waals surface area contributed by atoms with E-state index in [1.54, 1.807) is 37.4 Å². The largest absolute Gasteiger partial charge is 0.479 e. The summed E-state index contributed by atoms with van der Waals surface area (Å²) < 4.78 is 1.36. The van der Waals surface area contributed by atoms with Gasteiger partial charge in [0.15, 0.2) is 5.54 Å². The molecule has 8 nitrogen and oxygen atoms in total. The van der Waals surface area contributed by atoms with E-state index in [1.807, 2.05) is 0 Å². The molecule has 0 saturated heterocycles. The maximum absolute atomic E-state index is 12.0. The Morgan fingerprint density at radius 3 is 2.48 bits per heavy atom. The molecule has 1 unspecified atom stereocenters. The Labute approximate surface area is 120 Å². The van der Waals surface area contributed by atoms with Crippen molar-refractivity contribution in [1.29, 1.82) is 0 Å². The number of aliphatic carboxylic acids is 1. The Hall–Kier alpha value is -2.90. The molecule has 2 rings (SSSR count). The Morgan fingerprint density at radius 2 is 1.95 bits per heavy atom. The van der Waals surface area contributed by atoms with Crippen LogP contribution in [0.1, 0.15) is 12.5 Å². The fourth-order valence-electron chi connectivity index (χ4n) is 1.79. The van der Waals surface area contributed by atoms with E-state index in [4.69, 9.17) is 0 Å². The van der Waals surface area contributed by atoms with Gasteiger partial charge in [-0.1, -0.05) is 30.3 Å². The van der Waals surface area contributed by atoms with Crippen molar-refractivity contribution >= 4 is 17.9 Å². The number of rotatable bonds is 4. The lowest BCUT2D eigenvalue weighted by molar-refractivity contribution is -0.144. The second-order valence-electron chi connectivity index (χ2n) is 4.58. The highest BCUT2D eigenvalue weighted by Gasteiger charge is 2.37. The average Bonchev–Trinajstić information content (AvgIpc) is 2.84. The minimum Gasteiger partial charge on any atom is -0.479 e. The summed E-state index contributed by atoms with van der Waals surface area (Å²) in [7, 11) is 1.61. The third kappa shape index (κ3) is 2.99. The van der Waals surface area contributed by atoms with E-state index >= 15 is 0 Å². The monoisotopic (exact) mass is 289 g/mol. The standard InChI is InChI=1S/C13H15N5O3/c1-13(10(19)20,9-6-4-3-5-7-9)17-12(21)16-11-14-8-15-18(11)2/h3-8H,1-2H3,(H,19,20)(H2,14,15,16,17,21). The highest BCUT2D eigenvalue weighted by Crippen LogP contribution is 2.21. The molecule has 0 aliphatic carbocycles. The number of urea groups is 1. The zero-order chi connectivity index (χ0) is 15.5. The van der Waals surface area contributed by atoms with Crippen molar-refractivity contribution in [2.45, 2.75) is 12.5 Å². The van der Waals surface area contributed by atoms with Gasteiger partial charge in [-0.05, 0) is 12.5 Å². The van der Waals surface area contributed by atoms with E-state index in [9.17, 15) is 14.7 Å². The Kier molecular flexibility index (Phi) is 3.88. The molecule has 3 N–H and O–H groups in total. The minimum absolute atomic E-state index is 0.216. The number of carboxylic acids is 1. The minimum atomic E-state index is -1.55. The summed E-state index contributed by atoms with van der Waals surface area (Å²) >= 11 is 0. The predicted molar refractivity (Wildman–Crippen MR) is 74.6 cm³/mol. The van der Waals surface area contributed by atoms with E-state index < -0.39 is 17.5 Å². The summed E-state index contributed by atoms with van der Waals surface area (Å²) in [6.07, 6.45) is 1.28. The van der Waals surface area contributed by atoms with Crippen molar-refractivity contribution in [3.05, 3.63) is 42.2 Å². The first-order valence-electron chi connectivity index (χ1n) is 6.15. The van der Waals surface area contributed by atoms with Crippen molar-refractivity contribution in [2.75, 3.05) is 5.32 Å². The highest BCUT2D eigenvalue weighted by molar-refractivity contribution is 5.93. The lowest BCUT2D eigenvalue weighted by atomic mass is 9.92. The van der Waals surface area contributed by atoms with Gasteiger partial charge in [-0.15, -0.1) is 0 Å². The fraction of sp³-hybridized carbons (Fsp3) is 0.231. The average molecular weight is 289 g/mol.